The Bertz CT molecular complexity index is 419. The molecule has 1 heterocycles. The standard InChI is InChI=1S/C17H30N2O3S.C2H6/c1-17(2,3)9-7-5-6-8-14(22-4)16(21)19-13-12-23-11-10-18-15(13)20;1-2/h7,9,13-14H,5-6,8,10-12H2,1-4H3,(H,18,20)(H,19,21);1-2H3/b9-7+;. The Hall–Kier alpha value is -1.01. The summed E-state index contributed by atoms with van der Waals surface area (Å²) >= 11 is 1.67. The van der Waals surface area contributed by atoms with Gasteiger partial charge in [0.2, 0.25) is 11.8 Å². The number of carbonyl (C=O) groups excluding carboxylic acids is 2. The van der Waals surface area contributed by atoms with E-state index in [4.69, 9.17) is 4.74 Å². The Balaban J connectivity index is 0.00000277. The van der Waals surface area contributed by atoms with Gasteiger partial charge in [-0.3, -0.25) is 9.59 Å². The fraction of sp³-hybridized carbons (Fsp3) is 0.789. The van der Waals surface area contributed by atoms with E-state index in [0.29, 0.717) is 18.7 Å². The second kappa shape index (κ2) is 13.2. The zero-order chi connectivity index (χ0) is 19.3. The number of nitrogens with one attached hydrogen (secondary N) is 2. The van der Waals surface area contributed by atoms with Crippen molar-refractivity contribution in [3.05, 3.63) is 12.2 Å². The van der Waals surface area contributed by atoms with Crippen molar-refractivity contribution in [2.45, 2.75) is 66.0 Å². The van der Waals surface area contributed by atoms with Crippen LogP contribution in [0.1, 0.15) is 53.9 Å². The molecular weight excluding hydrogens is 336 g/mol. The van der Waals surface area contributed by atoms with Crippen molar-refractivity contribution in [2.24, 2.45) is 5.41 Å². The highest BCUT2D eigenvalue weighted by molar-refractivity contribution is 7.99. The lowest BCUT2D eigenvalue weighted by Gasteiger charge is -2.19. The van der Waals surface area contributed by atoms with Crippen molar-refractivity contribution in [1.29, 1.82) is 0 Å². The molecule has 1 rings (SSSR count). The average molecular weight is 373 g/mol. The highest BCUT2D eigenvalue weighted by atomic mass is 32.2. The molecule has 2 atom stereocenters. The third kappa shape index (κ3) is 11.3. The van der Waals surface area contributed by atoms with Crippen molar-refractivity contribution in [3.63, 3.8) is 0 Å². The monoisotopic (exact) mass is 372 g/mol. The van der Waals surface area contributed by atoms with Crippen molar-refractivity contribution in [3.8, 4) is 0 Å². The molecule has 0 aromatic heterocycles. The summed E-state index contributed by atoms with van der Waals surface area (Å²) < 4.78 is 5.29. The van der Waals surface area contributed by atoms with E-state index in [9.17, 15) is 9.59 Å². The Morgan fingerprint density at radius 1 is 1.44 bits per heavy atom. The van der Waals surface area contributed by atoms with Gasteiger partial charge in [-0.2, -0.15) is 11.8 Å². The van der Waals surface area contributed by atoms with E-state index in [1.54, 1.807) is 11.8 Å². The molecule has 25 heavy (non-hydrogen) atoms. The van der Waals surface area contributed by atoms with Crippen LogP contribution in [0.4, 0.5) is 0 Å². The van der Waals surface area contributed by atoms with Gasteiger partial charge in [0.05, 0.1) is 0 Å². The zero-order valence-electron chi connectivity index (χ0n) is 16.7. The van der Waals surface area contributed by atoms with E-state index in [-0.39, 0.29) is 17.2 Å². The van der Waals surface area contributed by atoms with Crippen LogP contribution in [0.25, 0.3) is 0 Å². The number of unbranched alkanes of at least 4 members (excludes halogenated alkanes) is 1. The average Bonchev–Trinajstić information content (AvgIpc) is 2.76. The third-order valence-electron chi connectivity index (χ3n) is 3.50. The SMILES string of the molecule is CC.COC(CCC/C=C/C(C)(C)C)C(=O)NC1CSCCNC1=O. The normalized spacial score (nSPS) is 19.4. The number of ether oxygens (including phenoxy) is 1. The molecule has 0 aliphatic carbocycles. The van der Waals surface area contributed by atoms with Gasteiger partial charge >= 0.3 is 0 Å². The summed E-state index contributed by atoms with van der Waals surface area (Å²) in [6.07, 6.45) is 6.29. The van der Waals surface area contributed by atoms with Crippen molar-refractivity contribution < 1.29 is 14.3 Å². The minimum atomic E-state index is -0.501. The first-order chi connectivity index (χ1) is 11.8. The molecule has 2 amide bonds. The maximum Gasteiger partial charge on any atom is 0.249 e. The predicted octanol–water partition coefficient (Wildman–Crippen LogP) is 3.15. The van der Waals surface area contributed by atoms with Crippen molar-refractivity contribution in [2.75, 3.05) is 25.2 Å². The van der Waals surface area contributed by atoms with Crippen LogP contribution < -0.4 is 10.6 Å². The van der Waals surface area contributed by atoms with Crippen LogP contribution in [0.15, 0.2) is 12.2 Å². The van der Waals surface area contributed by atoms with Gasteiger partial charge in [-0.25, -0.2) is 0 Å². The molecular formula is C19H36N2O3S. The van der Waals surface area contributed by atoms with Gasteiger partial charge in [0.15, 0.2) is 0 Å². The van der Waals surface area contributed by atoms with E-state index >= 15 is 0 Å². The molecule has 6 heteroatoms. The van der Waals surface area contributed by atoms with E-state index in [1.807, 2.05) is 13.8 Å². The molecule has 0 aromatic carbocycles. The fourth-order valence-corrected chi connectivity index (χ4v) is 3.12. The lowest BCUT2D eigenvalue weighted by atomic mass is 9.95. The van der Waals surface area contributed by atoms with Crippen LogP contribution in [-0.2, 0) is 14.3 Å². The number of methoxy groups -OCH3 is 1. The quantitative estimate of drug-likeness (QED) is 0.532. The molecule has 0 aromatic rings. The molecule has 1 aliphatic rings. The molecule has 0 radical (unpaired) electrons. The fourth-order valence-electron chi connectivity index (χ4n) is 2.23. The van der Waals surface area contributed by atoms with Crippen LogP contribution >= 0.6 is 11.8 Å². The van der Waals surface area contributed by atoms with Crippen LogP contribution in [0.2, 0.25) is 0 Å². The summed E-state index contributed by atoms with van der Waals surface area (Å²) in [4.78, 5) is 24.1. The molecule has 0 bridgehead atoms. The summed E-state index contributed by atoms with van der Waals surface area (Å²) in [6, 6.07) is -0.464. The second-order valence-corrected chi connectivity index (χ2v) is 8.00. The summed E-state index contributed by atoms with van der Waals surface area (Å²) in [7, 11) is 1.54. The third-order valence-corrected chi connectivity index (χ3v) is 4.56. The number of allylic oxidation sites excluding steroid dienone is 2. The van der Waals surface area contributed by atoms with Gasteiger partial charge in [-0.1, -0.05) is 46.8 Å². The minimum Gasteiger partial charge on any atom is -0.372 e. The first-order valence-electron chi connectivity index (χ1n) is 9.20. The summed E-state index contributed by atoms with van der Waals surface area (Å²) in [6.45, 7) is 11.1. The summed E-state index contributed by atoms with van der Waals surface area (Å²) in [5.74, 6) is 1.19. The van der Waals surface area contributed by atoms with Gasteiger partial charge < -0.3 is 15.4 Å². The minimum absolute atomic E-state index is 0.105. The number of thioether (sulfide) groups is 1. The molecule has 0 spiro atoms. The van der Waals surface area contributed by atoms with Crippen LogP contribution in [0, 0.1) is 5.41 Å². The number of carbonyl (C=O) groups is 2. The number of amides is 2. The second-order valence-electron chi connectivity index (χ2n) is 6.85. The molecule has 5 nitrogen and oxygen atoms in total. The maximum absolute atomic E-state index is 12.3. The van der Waals surface area contributed by atoms with Gasteiger partial charge in [0.1, 0.15) is 12.1 Å². The lowest BCUT2D eigenvalue weighted by molar-refractivity contribution is -0.135. The maximum atomic E-state index is 12.3. The Morgan fingerprint density at radius 2 is 2.12 bits per heavy atom. The zero-order valence-corrected chi connectivity index (χ0v) is 17.5. The summed E-state index contributed by atoms with van der Waals surface area (Å²) in [5.41, 5.74) is 0.183. The van der Waals surface area contributed by atoms with E-state index < -0.39 is 12.1 Å². The van der Waals surface area contributed by atoms with Gasteiger partial charge in [-0.05, 0) is 24.7 Å². The van der Waals surface area contributed by atoms with Gasteiger partial charge in [0.25, 0.3) is 0 Å². The largest absolute Gasteiger partial charge is 0.372 e. The molecule has 1 saturated heterocycles. The van der Waals surface area contributed by atoms with Gasteiger partial charge in [0, 0.05) is 25.2 Å². The molecule has 1 aliphatic heterocycles. The summed E-state index contributed by atoms with van der Waals surface area (Å²) in [5, 5.41) is 5.62. The highest BCUT2D eigenvalue weighted by Crippen LogP contribution is 2.16. The van der Waals surface area contributed by atoms with Crippen LogP contribution in [-0.4, -0.2) is 49.1 Å². The van der Waals surface area contributed by atoms with E-state index in [2.05, 4.69) is 43.6 Å². The Labute approximate surface area is 157 Å². The van der Waals surface area contributed by atoms with Crippen molar-refractivity contribution in [1.82, 2.24) is 10.6 Å². The topological polar surface area (TPSA) is 67.4 Å². The van der Waals surface area contributed by atoms with Crippen LogP contribution in [0.5, 0.6) is 0 Å². The molecule has 2 N–H and O–H groups in total. The lowest BCUT2D eigenvalue weighted by Crippen LogP contribution is -2.50. The molecule has 146 valence electrons. The number of hydrogen-bond donors (Lipinski definition) is 2. The van der Waals surface area contributed by atoms with Crippen LogP contribution in [0.3, 0.4) is 0 Å². The Morgan fingerprint density at radius 3 is 2.72 bits per heavy atom. The first kappa shape index (κ1) is 24.0. The number of rotatable bonds is 7. The Kier molecular flexibility index (Phi) is 12.7. The molecule has 0 saturated carbocycles. The van der Waals surface area contributed by atoms with Crippen molar-refractivity contribution >= 4 is 23.6 Å². The molecule has 2 unspecified atom stereocenters. The highest BCUT2D eigenvalue weighted by Gasteiger charge is 2.26. The first-order valence-corrected chi connectivity index (χ1v) is 10.4. The van der Waals surface area contributed by atoms with Gasteiger partial charge in [-0.15, -0.1) is 0 Å². The van der Waals surface area contributed by atoms with E-state index in [1.165, 1.54) is 7.11 Å². The number of hydrogen-bond acceptors (Lipinski definition) is 4. The van der Waals surface area contributed by atoms with E-state index in [0.717, 1.165) is 18.6 Å². The molecule has 1 fully saturated rings. The predicted molar refractivity (Wildman–Crippen MR) is 107 cm³/mol. The smallest absolute Gasteiger partial charge is 0.249 e.